The van der Waals surface area contributed by atoms with Crippen LogP contribution >= 0.6 is 11.8 Å². The summed E-state index contributed by atoms with van der Waals surface area (Å²) in [5.74, 6) is 0.951. The third-order valence-electron chi connectivity index (χ3n) is 4.22. The van der Waals surface area contributed by atoms with Crippen LogP contribution in [-0.4, -0.2) is 19.6 Å². The van der Waals surface area contributed by atoms with E-state index in [1.807, 2.05) is 31.7 Å². The lowest BCUT2D eigenvalue weighted by molar-refractivity contribution is 0.670. The van der Waals surface area contributed by atoms with Gasteiger partial charge in [-0.05, 0) is 44.2 Å². The minimum Gasteiger partial charge on any atom is -0.258 e. The number of thioether (sulfide) groups is 1. The average molecular weight is 310 g/mol. The summed E-state index contributed by atoms with van der Waals surface area (Å²) in [5.41, 5.74) is 4.80. The molecule has 2 heterocycles. The Labute approximate surface area is 134 Å². The molecule has 1 aromatic carbocycles. The minimum absolute atomic E-state index is 0.457. The summed E-state index contributed by atoms with van der Waals surface area (Å²) in [6, 6.07) is 10.8. The minimum atomic E-state index is 0.457. The number of hydrogen-bond donors (Lipinski definition) is 0. The molecule has 0 saturated carbocycles. The van der Waals surface area contributed by atoms with Crippen molar-refractivity contribution in [1.29, 1.82) is 0 Å². The average Bonchev–Trinajstić information content (AvgIpc) is 2.90. The first kappa shape index (κ1) is 13.8. The summed E-state index contributed by atoms with van der Waals surface area (Å²) < 4.78 is 2.06. The van der Waals surface area contributed by atoms with Gasteiger partial charge in [0.15, 0.2) is 10.8 Å². The van der Waals surface area contributed by atoms with E-state index in [9.17, 15) is 0 Å². The number of aromatic nitrogens is 4. The molecular formula is C17H18N4S. The van der Waals surface area contributed by atoms with Gasteiger partial charge in [-0.3, -0.25) is 4.40 Å². The molecule has 0 unspecified atom stereocenters. The highest BCUT2D eigenvalue weighted by Gasteiger charge is 2.23. The fourth-order valence-corrected chi connectivity index (χ4v) is 4.55. The van der Waals surface area contributed by atoms with E-state index in [0.717, 1.165) is 22.3 Å². The lowest BCUT2D eigenvalue weighted by atomic mass is 9.91. The maximum Gasteiger partial charge on any atom is 0.197 e. The van der Waals surface area contributed by atoms with Crippen molar-refractivity contribution >= 4 is 17.4 Å². The quantitative estimate of drug-likeness (QED) is 0.720. The zero-order valence-corrected chi connectivity index (χ0v) is 13.6. The zero-order valence-electron chi connectivity index (χ0n) is 12.8. The van der Waals surface area contributed by atoms with Gasteiger partial charge in [-0.15, -0.1) is 10.2 Å². The molecule has 0 bridgehead atoms. The molecule has 0 radical (unpaired) electrons. The number of rotatable bonds is 2. The first-order chi connectivity index (χ1) is 10.7. The molecule has 5 heteroatoms. The van der Waals surface area contributed by atoms with Crippen molar-refractivity contribution < 1.29 is 0 Å². The van der Waals surface area contributed by atoms with Gasteiger partial charge < -0.3 is 0 Å². The van der Waals surface area contributed by atoms with Gasteiger partial charge in [0.25, 0.3) is 0 Å². The molecule has 4 rings (SSSR count). The molecule has 0 amide bonds. The number of benzene rings is 1. The molecule has 0 N–H and O–H groups in total. The molecule has 2 aromatic heterocycles. The second-order valence-corrected chi connectivity index (χ2v) is 6.99. The summed E-state index contributed by atoms with van der Waals surface area (Å²) in [6.07, 6.45) is 3.62. The standard InChI is InChI=1S/C17H18N4S/c1-11-10-16-19-20-17(21(16)12(2)18-11)22-15-9-5-7-13-6-3-4-8-14(13)15/h3-4,6,8,10,15H,5,7,9H2,1-2H3/t15-/m0/s1. The van der Waals surface area contributed by atoms with Gasteiger partial charge in [0.05, 0.1) is 0 Å². The molecule has 1 atom stereocenters. The third-order valence-corrected chi connectivity index (χ3v) is 5.47. The predicted molar refractivity (Wildman–Crippen MR) is 88.2 cm³/mol. The molecular weight excluding hydrogens is 292 g/mol. The van der Waals surface area contributed by atoms with Gasteiger partial charge in [-0.1, -0.05) is 36.0 Å². The molecule has 0 fully saturated rings. The van der Waals surface area contributed by atoms with Crippen LogP contribution < -0.4 is 0 Å². The van der Waals surface area contributed by atoms with Crippen LogP contribution in [0, 0.1) is 13.8 Å². The number of nitrogens with zero attached hydrogens (tertiary/aromatic N) is 4. The van der Waals surface area contributed by atoms with E-state index in [-0.39, 0.29) is 0 Å². The van der Waals surface area contributed by atoms with Crippen molar-refractivity contribution in [3.05, 3.63) is 53.0 Å². The summed E-state index contributed by atoms with van der Waals surface area (Å²) in [4.78, 5) is 4.54. The van der Waals surface area contributed by atoms with Gasteiger partial charge in [0.2, 0.25) is 0 Å². The molecule has 0 saturated heterocycles. The maximum atomic E-state index is 4.54. The van der Waals surface area contributed by atoms with Crippen LogP contribution in [0.2, 0.25) is 0 Å². The molecule has 1 aliphatic rings. The monoisotopic (exact) mass is 310 g/mol. The molecule has 22 heavy (non-hydrogen) atoms. The van der Waals surface area contributed by atoms with Gasteiger partial charge in [-0.25, -0.2) is 4.98 Å². The predicted octanol–water partition coefficient (Wildman–Crippen LogP) is 3.91. The molecule has 112 valence electrons. The number of fused-ring (bicyclic) bond motifs is 2. The van der Waals surface area contributed by atoms with Crippen molar-refractivity contribution in [2.75, 3.05) is 0 Å². The van der Waals surface area contributed by atoms with Crippen LogP contribution in [0.3, 0.4) is 0 Å². The Hall–Kier alpha value is -1.88. The summed E-state index contributed by atoms with van der Waals surface area (Å²) >= 11 is 1.81. The second-order valence-electron chi connectivity index (χ2n) is 5.82. The lowest BCUT2D eigenvalue weighted by Gasteiger charge is -2.24. The van der Waals surface area contributed by atoms with Crippen LogP contribution in [0.25, 0.3) is 5.65 Å². The normalized spacial score (nSPS) is 17.6. The lowest BCUT2D eigenvalue weighted by Crippen LogP contribution is -2.08. The Balaban J connectivity index is 1.73. The Morgan fingerprint density at radius 2 is 2.05 bits per heavy atom. The van der Waals surface area contributed by atoms with Crippen molar-refractivity contribution in [3.63, 3.8) is 0 Å². The first-order valence-electron chi connectivity index (χ1n) is 7.66. The van der Waals surface area contributed by atoms with Crippen molar-refractivity contribution in [2.24, 2.45) is 0 Å². The maximum absolute atomic E-state index is 4.54. The van der Waals surface area contributed by atoms with E-state index < -0.39 is 0 Å². The third kappa shape index (κ3) is 2.29. The van der Waals surface area contributed by atoms with Crippen molar-refractivity contribution in [1.82, 2.24) is 19.6 Å². The Kier molecular flexibility index (Phi) is 3.37. The highest BCUT2D eigenvalue weighted by Crippen LogP contribution is 2.42. The molecule has 4 nitrogen and oxygen atoms in total. The smallest absolute Gasteiger partial charge is 0.197 e. The molecule has 0 spiro atoms. The number of aryl methyl sites for hydroxylation is 3. The molecule has 3 aromatic rings. The van der Waals surface area contributed by atoms with Crippen LogP contribution in [0.15, 0.2) is 35.5 Å². The fraction of sp³-hybridized carbons (Fsp3) is 0.353. The van der Waals surface area contributed by atoms with E-state index >= 15 is 0 Å². The Morgan fingerprint density at radius 1 is 1.18 bits per heavy atom. The van der Waals surface area contributed by atoms with Crippen molar-refractivity contribution in [2.45, 2.75) is 43.5 Å². The summed E-state index contributed by atoms with van der Waals surface area (Å²) in [6.45, 7) is 4.01. The van der Waals surface area contributed by atoms with Gasteiger partial charge >= 0.3 is 0 Å². The number of hydrogen-bond acceptors (Lipinski definition) is 4. The topological polar surface area (TPSA) is 43.1 Å². The van der Waals surface area contributed by atoms with Gasteiger partial charge in [0, 0.05) is 17.0 Å². The largest absolute Gasteiger partial charge is 0.258 e. The second kappa shape index (κ2) is 5.39. The van der Waals surface area contributed by atoms with Crippen LogP contribution in [0.4, 0.5) is 0 Å². The van der Waals surface area contributed by atoms with Crippen molar-refractivity contribution in [3.8, 4) is 0 Å². The Bertz CT molecular complexity index is 840. The fourth-order valence-electron chi connectivity index (χ4n) is 3.24. The summed E-state index contributed by atoms with van der Waals surface area (Å²) in [5, 5.41) is 10.1. The first-order valence-corrected chi connectivity index (χ1v) is 8.54. The molecule has 1 aliphatic carbocycles. The van der Waals surface area contributed by atoms with Gasteiger partial charge in [-0.2, -0.15) is 0 Å². The summed E-state index contributed by atoms with van der Waals surface area (Å²) in [7, 11) is 0. The van der Waals surface area contributed by atoms with E-state index in [1.54, 1.807) is 0 Å². The van der Waals surface area contributed by atoms with Crippen LogP contribution in [-0.2, 0) is 6.42 Å². The highest BCUT2D eigenvalue weighted by molar-refractivity contribution is 7.99. The van der Waals surface area contributed by atoms with E-state index in [1.165, 1.54) is 30.4 Å². The Morgan fingerprint density at radius 3 is 2.95 bits per heavy atom. The molecule has 0 aliphatic heterocycles. The zero-order chi connectivity index (χ0) is 15.1. The highest BCUT2D eigenvalue weighted by atomic mass is 32.2. The van der Waals surface area contributed by atoms with E-state index in [4.69, 9.17) is 0 Å². The van der Waals surface area contributed by atoms with Crippen LogP contribution in [0.5, 0.6) is 0 Å². The van der Waals surface area contributed by atoms with Crippen LogP contribution in [0.1, 0.15) is 40.7 Å². The van der Waals surface area contributed by atoms with E-state index in [2.05, 4.69) is 43.8 Å². The van der Waals surface area contributed by atoms with Gasteiger partial charge in [0.1, 0.15) is 5.82 Å². The SMILES string of the molecule is Cc1cc2nnc(S[C@H]3CCCc4ccccc43)n2c(C)n1. The van der Waals surface area contributed by atoms with E-state index in [0.29, 0.717) is 5.25 Å².